The standard InChI is InChI=1S/C10H14BrNO/c1-7(12)5-6-8-3-2-4-9(11)10(8)13/h2-4,7,13H,5-6,12H2,1H3/t7-/m0/s1. The molecule has 1 rings (SSSR count). The zero-order chi connectivity index (χ0) is 9.84. The third kappa shape index (κ3) is 3.01. The minimum atomic E-state index is 0.179. The molecule has 0 saturated heterocycles. The first-order valence-electron chi connectivity index (χ1n) is 4.33. The zero-order valence-electron chi connectivity index (χ0n) is 7.63. The van der Waals surface area contributed by atoms with Gasteiger partial charge in [-0.1, -0.05) is 12.1 Å². The van der Waals surface area contributed by atoms with Crippen LogP contribution in [0.4, 0.5) is 0 Å². The Morgan fingerprint density at radius 2 is 2.23 bits per heavy atom. The zero-order valence-corrected chi connectivity index (χ0v) is 9.21. The number of rotatable bonds is 3. The molecule has 1 atom stereocenters. The van der Waals surface area contributed by atoms with Gasteiger partial charge in [-0.25, -0.2) is 0 Å². The number of aryl methyl sites for hydroxylation is 1. The molecule has 0 bridgehead atoms. The second kappa shape index (κ2) is 4.63. The van der Waals surface area contributed by atoms with E-state index in [-0.39, 0.29) is 6.04 Å². The van der Waals surface area contributed by atoms with E-state index in [1.165, 1.54) is 0 Å². The lowest BCUT2D eigenvalue weighted by Gasteiger charge is -2.07. The van der Waals surface area contributed by atoms with Crippen LogP contribution in [-0.4, -0.2) is 11.1 Å². The topological polar surface area (TPSA) is 46.2 Å². The van der Waals surface area contributed by atoms with Crippen molar-refractivity contribution < 1.29 is 5.11 Å². The fourth-order valence-corrected chi connectivity index (χ4v) is 1.55. The van der Waals surface area contributed by atoms with Gasteiger partial charge in [0.2, 0.25) is 0 Å². The van der Waals surface area contributed by atoms with Crippen LogP contribution >= 0.6 is 15.9 Å². The molecule has 0 aliphatic heterocycles. The normalized spacial score (nSPS) is 12.8. The lowest BCUT2D eigenvalue weighted by Crippen LogP contribution is -2.15. The van der Waals surface area contributed by atoms with Gasteiger partial charge in [0, 0.05) is 6.04 Å². The molecule has 72 valence electrons. The maximum absolute atomic E-state index is 9.62. The van der Waals surface area contributed by atoms with Gasteiger partial charge < -0.3 is 10.8 Å². The summed E-state index contributed by atoms with van der Waals surface area (Å²) in [7, 11) is 0. The first-order chi connectivity index (χ1) is 6.11. The quantitative estimate of drug-likeness (QED) is 0.857. The van der Waals surface area contributed by atoms with Crippen molar-refractivity contribution in [3.63, 3.8) is 0 Å². The molecule has 0 aliphatic rings. The molecule has 1 aromatic carbocycles. The summed E-state index contributed by atoms with van der Waals surface area (Å²) < 4.78 is 0.745. The van der Waals surface area contributed by atoms with Crippen LogP contribution in [0.25, 0.3) is 0 Å². The fourth-order valence-electron chi connectivity index (χ4n) is 1.14. The van der Waals surface area contributed by atoms with Gasteiger partial charge in [-0.05, 0) is 47.3 Å². The van der Waals surface area contributed by atoms with Gasteiger partial charge in [0.05, 0.1) is 4.47 Å². The van der Waals surface area contributed by atoms with Gasteiger partial charge >= 0.3 is 0 Å². The Morgan fingerprint density at radius 1 is 1.54 bits per heavy atom. The Hall–Kier alpha value is -0.540. The third-order valence-corrected chi connectivity index (χ3v) is 2.58. The van der Waals surface area contributed by atoms with E-state index in [1.807, 2.05) is 25.1 Å². The summed E-state index contributed by atoms with van der Waals surface area (Å²) in [4.78, 5) is 0. The molecule has 0 fully saturated rings. The molecule has 0 aliphatic carbocycles. The molecule has 0 saturated carbocycles. The third-order valence-electron chi connectivity index (χ3n) is 1.94. The van der Waals surface area contributed by atoms with E-state index in [1.54, 1.807) is 0 Å². The minimum Gasteiger partial charge on any atom is -0.506 e. The van der Waals surface area contributed by atoms with Gasteiger partial charge in [-0.2, -0.15) is 0 Å². The molecular weight excluding hydrogens is 230 g/mol. The summed E-state index contributed by atoms with van der Waals surface area (Å²) >= 11 is 3.27. The van der Waals surface area contributed by atoms with Crippen molar-refractivity contribution in [3.05, 3.63) is 28.2 Å². The Bertz CT molecular complexity index is 286. The summed E-state index contributed by atoms with van der Waals surface area (Å²) in [5, 5.41) is 9.62. The molecule has 0 heterocycles. The van der Waals surface area contributed by atoms with Gasteiger partial charge in [-0.3, -0.25) is 0 Å². The number of aromatic hydroxyl groups is 1. The Kier molecular flexibility index (Phi) is 3.75. The smallest absolute Gasteiger partial charge is 0.132 e. The van der Waals surface area contributed by atoms with Crippen LogP contribution in [0, 0.1) is 0 Å². The van der Waals surface area contributed by atoms with Gasteiger partial charge in [-0.15, -0.1) is 0 Å². The van der Waals surface area contributed by atoms with Crippen LogP contribution in [0.15, 0.2) is 22.7 Å². The highest BCUT2D eigenvalue weighted by Gasteiger charge is 2.04. The Morgan fingerprint density at radius 3 is 2.85 bits per heavy atom. The lowest BCUT2D eigenvalue weighted by molar-refractivity contribution is 0.462. The highest BCUT2D eigenvalue weighted by molar-refractivity contribution is 9.10. The van der Waals surface area contributed by atoms with E-state index in [0.29, 0.717) is 5.75 Å². The summed E-state index contributed by atoms with van der Waals surface area (Å²) in [5.41, 5.74) is 6.59. The van der Waals surface area contributed by atoms with Crippen LogP contribution in [0.2, 0.25) is 0 Å². The van der Waals surface area contributed by atoms with Crippen LogP contribution in [-0.2, 0) is 6.42 Å². The van der Waals surface area contributed by atoms with Crippen molar-refractivity contribution in [2.45, 2.75) is 25.8 Å². The van der Waals surface area contributed by atoms with Crippen molar-refractivity contribution in [2.24, 2.45) is 5.73 Å². The monoisotopic (exact) mass is 243 g/mol. The maximum atomic E-state index is 9.62. The summed E-state index contributed by atoms with van der Waals surface area (Å²) in [5.74, 6) is 0.336. The molecule has 3 N–H and O–H groups in total. The molecule has 0 spiro atoms. The second-order valence-corrected chi connectivity index (χ2v) is 4.12. The largest absolute Gasteiger partial charge is 0.506 e. The lowest BCUT2D eigenvalue weighted by atomic mass is 10.1. The van der Waals surface area contributed by atoms with Crippen molar-refractivity contribution in [3.8, 4) is 5.75 Å². The predicted octanol–water partition coefficient (Wildman–Crippen LogP) is 2.43. The number of phenols is 1. The van der Waals surface area contributed by atoms with E-state index >= 15 is 0 Å². The van der Waals surface area contributed by atoms with E-state index in [0.717, 1.165) is 22.9 Å². The van der Waals surface area contributed by atoms with Crippen molar-refractivity contribution >= 4 is 15.9 Å². The highest BCUT2D eigenvalue weighted by Crippen LogP contribution is 2.28. The predicted molar refractivity (Wildman–Crippen MR) is 57.8 cm³/mol. The highest BCUT2D eigenvalue weighted by atomic mass is 79.9. The summed E-state index contributed by atoms with van der Waals surface area (Å²) in [6, 6.07) is 5.84. The SMILES string of the molecule is C[C@H](N)CCc1cccc(Br)c1O. The molecular formula is C10H14BrNO. The molecule has 0 aromatic heterocycles. The van der Waals surface area contributed by atoms with Gasteiger partial charge in [0.15, 0.2) is 0 Å². The first-order valence-corrected chi connectivity index (χ1v) is 5.12. The summed E-state index contributed by atoms with van der Waals surface area (Å²) in [6.07, 6.45) is 1.72. The number of hydrogen-bond donors (Lipinski definition) is 2. The number of phenolic OH excluding ortho intramolecular Hbond substituents is 1. The molecule has 2 nitrogen and oxygen atoms in total. The number of hydrogen-bond acceptors (Lipinski definition) is 2. The van der Waals surface area contributed by atoms with Crippen LogP contribution in [0.1, 0.15) is 18.9 Å². The van der Waals surface area contributed by atoms with Crippen LogP contribution in [0.3, 0.4) is 0 Å². The van der Waals surface area contributed by atoms with Crippen molar-refractivity contribution in [1.29, 1.82) is 0 Å². The maximum Gasteiger partial charge on any atom is 0.132 e. The molecule has 3 heteroatoms. The molecule has 0 unspecified atom stereocenters. The molecule has 13 heavy (non-hydrogen) atoms. The minimum absolute atomic E-state index is 0.179. The van der Waals surface area contributed by atoms with Crippen molar-refractivity contribution in [2.75, 3.05) is 0 Å². The average molecular weight is 244 g/mol. The van der Waals surface area contributed by atoms with Gasteiger partial charge in [0.1, 0.15) is 5.75 Å². The number of nitrogens with two attached hydrogens (primary N) is 1. The average Bonchev–Trinajstić information content (AvgIpc) is 2.07. The number of para-hydroxylation sites is 1. The number of halogens is 1. The molecule has 1 aromatic rings. The summed E-state index contributed by atoms with van der Waals surface area (Å²) in [6.45, 7) is 1.97. The first kappa shape index (κ1) is 10.5. The van der Waals surface area contributed by atoms with E-state index < -0.39 is 0 Å². The van der Waals surface area contributed by atoms with E-state index in [4.69, 9.17) is 5.73 Å². The van der Waals surface area contributed by atoms with Crippen LogP contribution < -0.4 is 5.73 Å². The Labute approximate surface area is 86.9 Å². The van der Waals surface area contributed by atoms with E-state index in [2.05, 4.69) is 15.9 Å². The van der Waals surface area contributed by atoms with Crippen molar-refractivity contribution in [1.82, 2.24) is 0 Å². The molecule has 0 radical (unpaired) electrons. The molecule has 0 amide bonds. The number of benzene rings is 1. The van der Waals surface area contributed by atoms with Crippen LogP contribution in [0.5, 0.6) is 5.75 Å². The Balaban J connectivity index is 2.71. The van der Waals surface area contributed by atoms with E-state index in [9.17, 15) is 5.11 Å². The van der Waals surface area contributed by atoms with Gasteiger partial charge in [0.25, 0.3) is 0 Å². The fraction of sp³-hybridized carbons (Fsp3) is 0.400. The second-order valence-electron chi connectivity index (χ2n) is 3.26.